The van der Waals surface area contributed by atoms with E-state index in [4.69, 9.17) is 11.6 Å². The van der Waals surface area contributed by atoms with Crippen LogP contribution in [0.5, 0.6) is 0 Å². The maximum Gasteiger partial charge on any atom is 0.417 e. The Kier molecular flexibility index (Phi) is 4.95. The van der Waals surface area contributed by atoms with Crippen molar-refractivity contribution in [3.8, 4) is 0 Å². The highest BCUT2D eigenvalue weighted by atomic mass is 35.5. The molecule has 0 radical (unpaired) electrons. The van der Waals surface area contributed by atoms with Crippen LogP contribution >= 0.6 is 11.6 Å². The van der Waals surface area contributed by atoms with Crippen molar-refractivity contribution < 1.29 is 18.0 Å². The van der Waals surface area contributed by atoms with E-state index in [1.807, 2.05) is 12.1 Å². The molecule has 11 heteroatoms. The van der Waals surface area contributed by atoms with E-state index in [1.54, 1.807) is 22.1 Å². The van der Waals surface area contributed by atoms with Crippen molar-refractivity contribution in [1.29, 1.82) is 0 Å². The van der Waals surface area contributed by atoms with Gasteiger partial charge in [-0.25, -0.2) is 9.78 Å². The van der Waals surface area contributed by atoms with Gasteiger partial charge >= 0.3 is 12.2 Å². The van der Waals surface area contributed by atoms with Crippen LogP contribution < -0.4 is 10.2 Å². The molecule has 2 aromatic heterocycles. The van der Waals surface area contributed by atoms with Gasteiger partial charge in [0.2, 0.25) is 0 Å². The van der Waals surface area contributed by atoms with Crippen LogP contribution in [0.25, 0.3) is 10.9 Å². The first-order valence-corrected chi connectivity index (χ1v) is 9.16. The lowest BCUT2D eigenvalue weighted by Gasteiger charge is -2.35. The number of amides is 2. The van der Waals surface area contributed by atoms with Crippen molar-refractivity contribution in [3.63, 3.8) is 0 Å². The summed E-state index contributed by atoms with van der Waals surface area (Å²) in [7, 11) is 0. The largest absolute Gasteiger partial charge is 0.417 e. The average molecular weight is 425 g/mol. The number of piperazine rings is 1. The van der Waals surface area contributed by atoms with Crippen molar-refractivity contribution in [2.45, 2.75) is 6.18 Å². The van der Waals surface area contributed by atoms with Crippen LogP contribution in [-0.4, -0.2) is 52.3 Å². The number of carbonyl (C=O) groups excluding carboxylic acids is 1. The van der Waals surface area contributed by atoms with Gasteiger partial charge in [-0.1, -0.05) is 17.7 Å². The molecule has 0 aliphatic carbocycles. The molecule has 1 aliphatic rings. The zero-order valence-corrected chi connectivity index (χ0v) is 15.8. The molecule has 2 N–H and O–H groups in total. The standard InChI is InChI=1S/C18H16ClF3N6O/c19-13-8-11(18(20,21)22)9-23-16(13)27-4-6-28(7-5-27)17(29)25-14-2-1-3-15-12(14)10-24-26-15/h1-3,8-10H,4-7H2,(H,24,26)(H,25,29). The number of nitrogens with one attached hydrogen (secondary N) is 2. The number of benzene rings is 1. The minimum atomic E-state index is -4.50. The minimum absolute atomic E-state index is 0.0654. The monoisotopic (exact) mass is 424 g/mol. The molecule has 1 fully saturated rings. The molecule has 29 heavy (non-hydrogen) atoms. The number of halogens is 4. The summed E-state index contributed by atoms with van der Waals surface area (Å²) in [5.41, 5.74) is 0.574. The number of carbonyl (C=O) groups is 1. The summed E-state index contributed by atoms with van der Waals surface area (Å²) in [6.45, 7) is 1.57. The van der Waals surface area contributed by atoms with E-state index in [9.17, 15) is 18.0 Å². The molecule has 4 rings (SSSR count). The number of fused-ring (bicyclic) bond motifs is 1. The zero-order chi connectivity index (χ0) is 20.6. The van der Waals surface area contributed by atoms with E-state index >= 15 is 0 Å². The summed E-state index contributed by atoms with van der Waals surface area (Å²) >= 11 is 6.01. The third-order valence-electron chi connectivity index (χ3n) is 4.74. The van der Waals surface area contributed by atoms with E-state index in [2.05, 4.69) is 20.5 Å². The molecule has 3 aromatic rings. The predicted octanol–water partition coefficient (Wildman–Crippen LogP) is 3.98. The van der Waals surface area contributed by atoms with Crippen molar-refractivity contribution in [1.82, 2.24) is 20.1 Å². The van der Waals surface area contributed by atoms with Crippen molar-refractivity contribution in [2.24, 2.45) is 0 Å². The number of H-pyrrole nitrogens is 1. The fraction of sp³-hybridized carbons (Fsp3) is 0.278. The van der Waals surface area contributed by atoms with Gasteiger partial charge in [-0.05, 0) is 18.2 Å². The summed E-state index contributed by atoms with van der Waals surface area (Å²) in [4.78, 5) is 19.9. The minimum Gasteiger partial charge on any atom is -0.352 e. The molecule has 1 saturated heterocycles. The molecule has 0 atom stereocenters. The Morgan fingerprint density at radius 2 is 1.93 bits per heavy atom. The fourth-order valence-corrected chi connectivity index (χ4v) is 3.50. The number of pyridine rings is 1. The van der Waals surface area contributed by atoms with Gasteiger partial charge in [-0.15, -0.1) is 0 Å². The van der Waals surface area contributed by atoms with Crippen LogP contribution in [0.4, 0.5) is 29.5 Å². The maximum absolute atomic E-state index is 12.8. The Balaban J connectivity index is 1.40. The number of aromatic nitrogens is 3. The highest BCUT2D eigenvalue weighted by molar-refractivity contribution is 6.33. The highest BCUT2D eigenvalue weighted by Gasteiger charge is 2.32. The SMILES string of the molecule is O=C(Nc1cccc2[nH]ncc12)N1CCN(c2ncc(C(F)(F)F)cc2Cl)CC1. The lowest BCUT2D eigenvalue weighted by Crippen LogP contribution is -2.50. The number of anilines is 2. The van der Waals surface area contributed by atoms with Gasteiger partial charge in [0, 0.05) is 37.8 Å². The van der Waals surface area contributed by atoms with Gasteiger partial charge in [0.05, 0.1) is 28.0 Å². The lowest BCUT2D eigenvalue weighted by molar-refractivity contribution is -0.137. The smallest absolute Gasteiger partial charge is 0.352 e. The van der Waals surface area contributed by atoms with Gasteiger partial charge in [-0.2, -0.15) is 18.3 Å². The van der Waals surface area contributed by atoms with Gasteiger partial charge in [-0.3, -0.25) is 5.10 Å². The molecule has 2 amide bonds. The zero-order valence-electron chi connectivity index (χ0n) is 15.0. The molecule has 0 bridgehead atoms. The third-order valence-corrected chi connectivity index (χ3v) is 5.02. The second-order valence-electron chi connectivity index (χ2n) is 6.57. The molecule has 1 aromatic carbocycles. The van der Waals surface area contributed by atoms with Crippen molar-refractivity contribution in [3.05, 3.63) is 47.2 Å². The lowest BCUT2D eigenvalue weighted by atomic mass is 10.2. The van der Waals surface area contributed by atoms with Crippen LogP contribution in [0.1, 0.15) is 5.56 Å². The quantitative estimate of drug-likeness (QED) is 0.652. The normalized spacial score (nSPS) is 15.0. The van der Waals surface area contributed by atoms with Crippen LogP contribution in [-0.2, 0) is 6.18 Å². The van der Waals surface area contributed by atoms with Gasteiger partial charge in [0.1, 0.15) is 5.82 Å². The molecule has 1 aliphatic heterocycles. The Morgan fingerprint density at radius 1 is 1.17 bits per heavy atom. The van der Waals surface area contributed by atoms with Crippen LogP contribution in [0.3, 0.4) is 0 Å². The number of urea groups is 1. The Hall–Kier alpha value is -3.01. The fourth-order valence-electron chi connectivity index (χ4n) is 3.21. The molecular formula is C18H16ClF3N6O. The number of hydrogen-bond donors (Lipinski definition) is 2. The predicted molar refractivity (Wildman–Crippen MR) is 103 cm³/mol. The number of rotatable bonds is 2. The topological polar surface area (TPSA) is 77.2 Å². The summed E-state index contributed by atoms with van der Waals surface area (Å²) < 4.78 is 38.3. The number of aromatic amines is 1. The molecule has 0 spiro atoms. The summed E-state index contributed by atoms with van der Waals surface area (Å²) in [5, 5.41) is 10.4. The van der Waals surface area contributed by atoms with E-state index in [-0.39, 0.29) is 16.9 Å². The molecule has 3 heterocycles. The van der Waals surface area contributed by atoms with Gasteiger partial charge in [0.15, 0.2) is 0 Å². The molecule has 152 valence electrons. The summed E-state index contributed by atoms with van der Waals surface area (Å²) in [5.74, 6) is 0.280. The molecule has 0 unspecified atom stereocenters. The van der Waals surface area contributed by atoms with E-state index < -0.39 is 11.7 Å². The average Bonchev–Trinajstić information content (AvgIpc) is 3.17. The second kappa shape index (κ2) is 7.43. The van der Waals surface area contributed by atoms with Gasteiger partial charge < -0.3 is 15.1 Å². The van der Waals surface area contributed by atoms with Crippen LogP contribution in [0.2, 0.25) is 5.02 Å². The second-order valence-corrected chi connectivity index (χ2v) is 6.98. The molecular weight excluding hydrogens is 409 g/mol. The molecule has 0 saturated carbocycles. The summed E-state index contributed by atoms with van der Waals surface area (Å²) in [6, 6.07) is 6.07. The Bertz CT molecular complexity index is 1050. The van der Waals surface area contributed by atoms with E-state index in [1.165, 1.54) is 0 Å². The van der Waals surface area contributed by atoms with Crippen molar-refractivity contribution in [2.75, 3.05) is 36.4 Å². The van der Waals surface area contributed by atoms with Crippen LogP contribution in [0.15, 0.2) is 36.7 Å². The first-order valence-electron chi connectivity index (χ1n) is 8.78. The number of alkyl halides is 3. The number of hydrogen-bond acceptors (Lipinski definition) is 4. The first-order chi connectivity index (χ1) is 13.8. The van der Waals surface area contributed by atoms with E-state index in [0.29, 0.717) is 31.9 Å². The summed E-state index contributed by atoms with van der Waals surface area (Å²) in [6.07, 6.45) is -2.09. The highest BCUT2D eigenvalue weighted by Crippen LogP contribution is 2.33. The number of nitrogens with zero attached hydrogens (tertiary/aromatic N) is 4. The van der Waals surface area contributed by atoms with E-state index in [0.717, 1.165) is 23.2 Å². The van der Waals surface area contributed by atoms with Crippen LogP contribution in [0, 0.1) is 0 Å². The first kappa shape index (κ1) is 19.3. The van der Waals surface area contributed by atoms with Crippen molar-refractivity contribution >= 4 is 40.0 Å². The molecule has 7 nitrogen and oxygen atoms in total. The Labute approximate surface area is 168 Å². The van der Waals surface area contributed by atoms with Gasteiger partial charge in [0.25, 0.3) is 0 Å². The maximum atomic E-state index is 12.8. The third kappa shape index (κ3) is 3.93. The Morgan fingerprint density at radius 3 is 2.62 bits per heavy atom.